The lowest BCUT2D eigenvalue weighted by atomic mass is 10.1. The van der Waals surface area contributed by atoms with Crippen LogP contribution in [0.2, 0.25) is 0 Å². The number of halogens is 3. The standard InChI is InChI=1S/C13H10F3NO3S/c1-7-8-5-3-4-6-9(8)11(20-21-13(14,15)16)10(17-7)12(18)19-2/h3-6H,1-2H3. The number of benzene rings is 1. The summed E-state index contributed by atoms with van der Waals surface area (Å²) in [5.74, 6) is -1.12. The highest BCUT2D eigenvalue weighted by molar-refractivity contribution is 7.95. The topological polar surface area (TPSA) is 48.4 Å². The third kappa shape index (κ3) is 3.38. The number of hydrogen-bond donors (Lipinski definition) is 0. The fourth-order valence-electron chi connectivity index (χ4n) is 1.81. The number of aryl methyl sites for hydroxylation is 1. The molecule has 2 aromatic rings. The van der Waals surface area contributed by atoms with Crippen LogP contribution in [0.4, 0.5) is 13.2 Å². The Balaban J connectivity index is 2.62. The van der Waals surface area contributed by atoms with Gasteiger partial charge >= 0.3 is 11.5 Å². The molecule has 0 saturated carbocycles. The van der Waals surface area contributed by atoms with Crippen LogP contribution in [0, 0.1) is 6.92 Å². The molecule has 1 aromatic carbocycles. The lowest BCUT2D eigenvalue weighted by Gasteiger charge is -2.13. The summed E-state index contributed by atoms with van der Waals surface area (Å²) >= 11 is -0.698. The van der Waals surface area contributed by atoms with Crippen molar-refractivity contribution in [3.8, 4) is 5.75 Å². The highest BCUT2D eigenvalue weighted by Gasteiger charge is 2.33. The number of pyridine rings is 1. The second-order valence-electron chi connectivity index (χ2n) is 4.02. The minimum atomic E-state index is -4.60. The van der Waals surface area contributed by atoms with E-state index >= 15 is 0 Å². The molecule has 0 atom stereocenters. The number of fused-ring (bicyclic) bond motifs is 1. The summed E-state index contributed by atoms with van der Waals surface area (Å²) in [5.41, 5.74) is -4.39. The molecule has 0 radical (unpaired) electrons. The minimum Gasteiger partial charge on any atom is -0.464 e. The third-order valence-electron chi connectivity index (χ3n) is 2.65. The molecular formula is C13H10F3NO3S. The van der Waals surface area contributed by atoms with Gasteiger partial charge in [0.1, 0.15) is 0 Å². The second-order valence-corrected chi connectivity index (χ2v) is 4.82. The van der Waals surface area contributed by atoms with Crippen molar-refractivity contribution in [3.05, 3.63) is 35.7 Å². The summed E-state index contributed by atoms with van der Waals surface area (Å²) in [5, 5.41) is 0.963. The van der Waals surface area contributed by atoms with Crippen LogP contribution in [-0.2, 0) is 4.74 Å². The first-order valence-corrected chi connectivity index (χ1v) is 6.47. The number of hydrogen-bond acceptors (Lipinski definition) is 5. The van der Waals surface area contributed by atoms with E-state index in [2.05, 4.69) is 9.72 Å². The number of methoxy groups -OCH3 is 1. The average Bonchev–Trinajstić information content (AvgIpc) is 2.44. The summed E-state index contributed by atoms with van der Waals surface area (Å²) in [6.07, 6.45) is 0. The van der Waals surface area contributed by atoms with Crippen molar-refractivity contribution in [2.24, 2.45) is 0 Å². The fraction of sp³-hybridized carbons (Fsp3) is 0.231. The lowest BCUT2D eigenvalue weighted by molar-refractivity contribution is -0.0369. The number of carbonyl (C=O) groups excluding carboxylic acids is 1. The lowest BCUT2D eigenvalue weighted by Crippen LogP contribution is -2.10. The van der Waals surface area contributed by atoms with E-state index in [1.807, 2.05) is 0 Å². The Morgan fingerprint density at radius 1 is 1.24 bits per heavy atom. The molecule has 1 heterocycles. The summed E-state index contributed by atoms with van der Waals surface area (Å²) in [6, 6.07) is 6.59. The molecule has 0 aliphatic carbocycles. The van der Waals surface area contributed by atoms with Crippen LogP contribution in [0.1, 0.15) is 16.2 Å². The summed E-state index contributed by atoms with van der Waals surface area (Å²) in [7, 11) is 1.12. The molecule has 0 bridgehead atoms. The Labute approximate surface area is 122 Å². The smallest absolute Gasteiger partial charge is 0.464 e. The van der Waals surface area contributed by atoms with Crippen LogP contribution in [0.5, 0.6) is 5.75 Å². The van der Waals surface area contributed by atoms with Gasteiger partial charge in [-0.15, -0.1) is 0 Å². The van der Waals surface area contributed by atoms with Crippen molar-refractivity contribution in [2.75, 3.05) is 7.11 Å². The van der Waals surface area contributed by atoms with Crippen molar-refractivity contribution >= 4 is 28.8 Å². The number of nitrogens with zero attached hydrogens (tertiary/aromatic N) is 1. The van der Waals surface area contributed by atoms with E-state index in [0.29, 0.717) is 16.5 Å². The highest BCUT2D eigenvalue weighted by atomic mass is 32.2. The molecule has 21 heavy (non-hydrogen) atoms. The van der Waals surface area contributed by atoms with Gasteiger partial charge in [-0.05, 0) is 6.92 Å². The quantitative estimate of drug-likeness (QED) is 0.635. The number of carbonyl (C=O) groups is 1. The number of aromatic nitrogens is 1. The molecule has 1 aromatic heterocycles. The SMILES string of the molecule is COC(=O)c1nc(C)c2ccccc2c1OSC(F)(F)F. The Kier molecular flexibility index (Phi) is 4.26. The number of ether oxygens (including phenoxy) is 1. The maximum atomic E-state index is 12.3. The molecule has 2 rings (SSSR count). The Morgan fingerprint density at radius 2 is 1.86 bits per heavy atom. The maximum Gasteiger partial charge on any atom is 0.479 e. The summed E-state index contributed by atoms with van der Waals surface area (Å²) < 4.78 is 46.3. The zero-order chi connectivity index (χ0) is 15.6. The molecule has 0 aliphatic heterocycles. The van der Waals surface area contributed by atoms with Crippen molar-refractivity contribution < 1.29 is 26.9 Å². The van der Waals surface area contributed by atoms with Crippen molar-refractivity contribution in [1.29, 1.82) is 0 Å². The first-order valence-electron chi connectivity index (χ1n) is 5.73. The first kappa shape index (κ1) is 15.4. The molecule has 0 unspecified atom stereocenters. The van der Waals surface area contributed by atoms with Gasteiger partial charge in [-0.3, -0.25) is 0 Å². The molecule has 0 aliphatic rings. The van der Waals surface area contributed by atoms with Gasteiger partial charge in [0.15, 0.2) is 23.5 Å². The number of esters is 1. The zero-order valence-corrected chi connectivity index (χ0v) is 11.8. The molecule has 0 N–H and O–H groups in total. The average molecular weight is 317 g/mol. The van der Waals surface area contributed by atoms with E-state index in [1.54, 1.807) is 31.2 Å². The Hall–Kier alpha value is -1.96. The number of rotatable bonds is 3. The highest BCUT2D eigenvalue weighted by Crippen LogP contribution is 2.38. The predicted octanol–water partition coefficient (Wildman–Crippen LogP) is 3.88. The van der Waals surface area contributed by atoms with Crippen molar-refractivity contribution in [1.82, 2.24) is 4.98 Å². The summed E-state index contributed by atoms with van der Waals surface area (Å²) in [6.45, 7) is 1.65. The van der Waals surface area contributed by atoms with Crippen LogP contribution in [0.3, 0.4) is 0 Å². The third-order valence-corrected chi connectivity index (χ3v) is 3.09. The molecule has 112 valence electrons. The zero-order valence-electron chi connectivity index (χ0n) is 11.0. The fourth-order valence-corrected chi connectivity index (χ4v) is 2.16. The van der Waals surface area contributed by atoms with E-state index in [1.165, 1.54) is 0 Å². The van der Waals surface area contributed by atoms with Crippen LogP contribution < -0.4 is 4.18 Å². The number of alkyl halides is 3. The molecule has 0 amide bonds. The molecule has 0 saturated heterocycles. The van der Waals surface area contributed by atoms with E-state index in [9.17, 15) is 18.0 Å². The first-order chi connectivity index (χ1) is 9.83. The van der Waals surface area contributed by atoms with Gasteiger partial charge in [-0.25, -0.2) is 9.78 Å². The van der Waals surface area contributed by atoms with Crippen LogP contribution in [0.25, 0.3) is 10.8 Å². The van der Waals surface area contributed by atoms with Gasteiger partial charge < -0.3 is 8.92 Å². The van der Waals surface area contributed by atoms with Gasteiger partial charge in [0.25, 0.3) is 0 Å². The van der Waals surface area contributed by atoms with E-state index < -0.39 is 23.5 Å². The molecule has 0 fully saturated rings. The van der Waals surface area contributed by atoms with E-state index in [4.69, 9.17) is 4.18 Å². The van der Waals surface area contributed by atoms with E-state index in [0.717, 1.165) is 7.11 Å². The maximum absolute atomic E-state index is 12.3. The van der Waals surface area contributed by atoms with Crippen molar-refractivity contribution in [2.45, 2.75) is 12.4 Å². The normalized spacial score (nSPS) is 11.5. The Bertz CT molecular complexity index is 688. The summed E-state index contributed by atoms with van der Waals surface area (Å²) in [4.78, 5) is 15.7. The molecular weight excluding hydrogens is 307 g/mol. The molecule has 4 nitrogen and oxygen atoms in total. The Morgan fingerprint density at radius 3 is 2.43 bits per heavy atom. The minimum absolute atomic E-state index is 0.259. The van der Waals surface area contributed by atoms with Crippen LogP contribution >= 0.6 is 12.0 Å². The monoisotopic (exact) mass is 317 g/mol. The predicted molar refractivity (Wildman–Crippen MR) is 72.1 cm³/mol. The van der Waals surface area contributed by atoms with Crippen LogP contribution in [0.15, 0.2) is 24.3 Å². The molecule has 8 heteroatoms. The van der Waals surface area contributed by atoms with Gasteiger partial charge in [-0.2, -0.15) is 13.2 Å². The largest absolute Gasteiger partial charge is 0.479 e. The molecule has 0 spiro atoms. The van der Waals surface area contributed by atoms with Gasteiger partial charge in [0.2, 0.25) is 0 Å². The van der Waals surface area contributed by atoms with Gasteiger partial charge in [-0.1, -0.05) is 24.3 Å². The van der Waals surface area contributed by atoms with Gasteiger partial charge in [0, 0.05) is 16.5 Å². The van der Waals surface area contributed by atoms with Crippen molar-refractivity contribution in [3.63, 3.8) is 0 Å². The van der Waals surface area contributed by atoms with E-state index in [-0.39, 0.29) is 11.4 Å². The van der Waals surface area contributed by atoms with Gasteiger partial charge in [0.05, 0.1) is 7.11 Å². The van der Waals surface area contributed by atoms with Crippen LogP contribution in [-0.4, -0.2) is 23.6 Å². The second kappa shape index (κ2) is 5.80.